The molecule has 0 saturated carbocycles. The van der Waals surface area contributed by atoms with Crippen molar-refractivity contribution in [2.75, 3.05) is 13.1 Å². The number of nitrogens with zero attached hydrogens (tertiary/aromatic N) is 3. The second kappa shape index (κ2) is 7.19. The van der Waals surface area contributed by atoms with Gasteiger partial charge in [-0.05, 0) is 36.6 Å². The van der Waals surface area contributed by atoms with Gasteiger partial charge in [0.25, 0.3) is 0 Å². The minimum absolute atomic E-state index is 0.00494. The largest absolute Gasteiger partial charge is 0.334 e. The summed E-state index contributed by atoms with van der Waals surface area (Å²) < 4.78 is 1.22. The van der Waals surface area contributed by atoms with Crippen LogP contribution in [0.3, 0.4) is 0 Å². The zero-order valence-electron chi connectivity index (χ0n) is 13.9. The van der Waals surface area contributed by atoms with Gasteiger partial charge in [0.1, 0.15) is 0 Å². The van der Waals surface area contributed by atoms with E-state index < -0.39 is 0 Å². The average molecular weight is 352 g/mol. The van der Waals surface area contributed by atoms with Crippen LogP contribution in [0.25, 0.3) is 10.2 Å². The number of hydrogen-bond donors (Lipinski definition) is 1. The fourth-order valence-electron chi connectivity index (χ4n) is 3.22. The van der Waals surface area contributed by atoms with Crippen LogP contribution in [0, 0.1) is 0 Å². The molecule has 4 rings (SSSR count). The predicted molar refractivity (Wildman–Crippen MR) is 99.6 cm³/mol. The summed E-state index contributed by atoms with van der Waals surface area (Å²) in [6, 6.07) is 12.1. The number of amides is 2. The van der Waals surface area contributed by atoms with Gasteiger partial charge in [0.2, 0.25) is 0 Å². The third-order valence-electron chi connectivity index (χ3n) is 4.53. The van der Waals surface area contributed by atoms with Gasteiger partial charge < -0.3 is 10.2 Å². The summed E-state index contributed by atoms with van der Waals surface area (Å²) in [6.07, 6.45) is 5.62. The van der Waals surface area contributed by atoms with E-state index in [-0.39, 0.29) is 6.03 Å². The number of rotatable bonds is 3. The minimum atomic E-state index is -0.00494. The maximum atomic E-state index is 12.5. The number of hydrogen-bond acceptors (Lipinski definition) is 4. The van der Waals surface area contributed by atoms with E-state index in [1.165, 1.54) is 4.70 Å². The molecule has 0 bridgehead atoms. The molecule has 6 heteroatoms. The molecule has 0 aliphatic carbocycles. The molecule has 0 spiro atoms. The highest BCUT2D eigenvalue weighted by Gasteiger charge is 2.26. The Kier molecular flexibility index (Phi) is 4.61. The van der Waals surface area contributed by atoms with Gasteiger partial charge in [0.05, 0.1) is 15.2 Å². The molecule has 0 radical (unpaired) electrons. The predicted octanol–water partition coefficient (Wildman–Crippen LogP) is 3.78. The Morgan fingerprint density at radius 3 is 3.04 bits per heavy atom. The smallest absolute Gasteiger partial charge is 0.317 e. The van der Waals surface area contributed by atoms with Crippen molar-refractivity contribution < 1.29 is 4.79 Å². The molecule has 1 fully saturated rings. The first kappa shape index (κ1) is 16.0. The lowest BCUT2D eigenvalue weighted by molar-refractivity contribution is 0.179. The summed E-state index contributed by atoms with van der Waals surface area (Å²) in [5.74, 6) is 0.329. The van der Waals surface area contributed by atoms with Gasteiger partial charge in [-0.25, -0.2) is 9.78 Å². The van der Waals surface area contributed by atoms with Crippen LogP contribution in [0.2, 0.25) is 0 Å². The third-order valence-corrected chi connectivity index (χ3v) is 5.73. The fourth-order valence-corrected chi connectivity index (χ4v) is 4.31. The first-order valence-corrected chi connectivity index (χ1v) is 9.38. The number of fused-ring (bicyclic) bond motifs is 1. The molecule has 2 amide bonds. The topological polar surface area (TPSA) is 58.1 Å². The molecule has 3 aromatic rings. The number of benzene rings is 1. The van der Waals surface area contributed by atoms with E-state index in [4.69, 9.17) is 4.98 Å². The van der Waals surface area contributed by atoms with Gasteiger partial charge in [0.15, 0.2) is 0 Å². The number of pyridine rings is 1. The molecule has 1 aliphatic heterocycles. The summed E-state index contributed by atoms with van der Waals surface area (Å²) >= 11 is 1.75. The number of piperidine rings is 1. The number of thiazole rings is 1. The molecule has 25 heavy (non-hydrogen) atoms. The second-order valence-electron chi connectivity index (χ2n) is 6.32. The first-order chi connectivity index (χ1) is 12.3. The maximum absolute atomic E-state index is 12.5. The Labute approximate surface area is 150 Å². The van der Waals surface area contributed by atoms with Crippen molar-refractivity contribution in [3.63, 3.8) is 0 Å². The summed E-state index contributed by atoms with van der Waals surface area (Å²) in [4.78, 5) is 23.3. The molecule has 0 unspecified atom stereocenters. The van der Waals surface area contributed by atoms with Gasteiger partial charge in [-0.2, -0.15) is 0 Å². The van der Waals surface area contributed by atoms with E-state index in [9.17, 15) is 4.79 Å². The van der Waals surface area contributed by atoms with E-state index >= 15 is 0 Å². The molecule has 1 atom stereocenters. The first-order valence-electron chi connectivity index (χ1n) is 8.57. The maximum Gasteiger partial charge on any atom is 0.317 e. The van der Waals surface area contributed by atoms with Crippen molar-refractivity contribution in [2.45, 2.75) is 25.3 Å². The van der Waals surface area contributed by atoms with Crippen LogP contribution in [0.1, 0.15) is 29.3 Å². The van der Waals surface area contributed by atoms with Crippen molar-refractivity contribution in [1.82, 2.24) is 20.2 Å². The molecule has 1 aliphatic rings. The number of nitrogens with one attached hydrogen (secondary N) is 1. The van der Waals surface area contributed by atoms with E-state index in [0.717, 1.165) is 42.0 Å². The lowest BCUT2D eigenvalue weighted by atomic mass is 9.99. The van der Waals surface area contributed by atoms with Crippen LogP contribution in [0.15, 0.2) is 48.8 Å². The van der Waals surface area contributed by atoms with Gasteiger partial charge >= 0.3 is 6.03 Å². The van der Waals surface area contributed by atoms with Crippen LogP contribution >= 0.6 is 11.3 Å². The molecule has 1 N–H and O–H groups in total. The van der Waals surface area contributed by atoms with E-state index in [1.807, 2.05) is 29.2 Å². The molecule has 2 aromatic heterocycles. The van der Waals surface area contributed by atoms with Crippen molar-refractivity contribution >= 4 is 27.6 Å². The highest BCUT2D eigenvalue weighted by molar-refractivity contribution is 7.18. The van der Waals surface area contributed by atoms with Crippen LogP contribution in [-0.4, -0.2) is 34.0 Å². The molecule has 1 aromatic carbocycles. The van der Waals surface area contributed by atoms with Crippen molar-refractivity contribution in [1.29, 1.82) is 0 Å². The highest BCUT2D eigenvalue weighted by atomic mass is 32.1. The van der Waals surface area contributed by atoms with Crippen LogP contribution in [0.5, 0.6) is 0 Å². The van der Waals surface area contributed by atoms with Gasteiger partial charge in [-0.1, -0.05) is 18.2 Å². The molecule has 5 nitrogen and oxygen atoms in total. The molecular formula is C19H20N4OS. The fraction of sp³-hybridized carbons (Fsp3) is 0.316. The number of aromatic nitrogens is 2. The molecule has 1 saturated heterocycles. The Hall–Kier alpha value is -2.47. The van der Waals surface area contributed by atoms with E-state index in [0.29, 0.717) is 12.5 Å². The number of urea groups is 1. The van der Waals surface area contributed by atoms with Crippen LogP contribution in [0.4, 0.5) is 4.79 Å². The third kappa shape index (κ3) is 3.64. The second-order valence-corrected chi connectivity index (χ2v) is 7.39. The number of likely N-dealkylation sites (tertiary alicyclic amines) is 1. The monoisotopic (exact) mass is 352 g/mol. The van der Waals surface area contributed by atoms with Crippen molar-refractivity contribution in [3.05, 3.63) is 59.4 Å². The zero-order chi connectivity index (χ0) is 17.1. The standard InChI is InChI=1S/C19H20N4OS/c24-19(21-12-14-5-3-9-20-11-14)23-10-4-6-15(13-23)18-22-16-7-1-2-8-17(16)25-18/h1-3,5,7-9,11,15H,4,6,10,12-13H2,(H,21,24)/t15-/m0/s1. The van der Waals surface area contributed by atoms with Gasteiger partial charge in [0, 0.05) is 37.9 Å². The highest BCUT2D eigenvalue weighted by Crippen LogP contribution is 2.32. The number of carbonyl (C=O) groups excluding carboxylic acids is 1. The normalized spacial score (nSPS) is 17.6. The van der Waals surface area contributed by atoms with Crippen LogP contribution in [-0.2, 0) is 6.54 Å². The van der Waals surface area contributed by atoms with Gasteiger partial charge in [-0.3, -0.25) is 4.98 Å². The number of carbonyl (C=O) groups is 1. The lowest BCUT2D eigenvalue weighted by Gasteiger charge is -2.31. The summed E-state index contributed by atoms with van der Waals surface area (Å²) in [7, 11) is 0. The average Bonchev–Trinajstić information content (AvgIpc) is 3.11. The Bertz CT molecular complexity index is 831. The summed E-state index contributed by atoms with van der Waals surface area (Å²) in [5, 5.41) is 4.14. The Morgan fingerprint density at radius 2 is 2.20 bits per heavy atom. The lowest BCUT2D eigenvalue weighted by Crippen LogP contribution is -2.44. The van der Waals surface area contributed by atoms with E-state index in [2.05, 4.69) is 22.4 Å². The Morgan fingerprint density at radius 1 is 1.28 bits per heavy atom. The summed E-state index contributed by atoms with van der Waals surface area (Å²) in [6.45, 7) is 2.05. The molecule has 3 heterocycles. The van der Waals surface area contributed by atoms with Gasteiger partial charge in [-0.15, -0.1) is 11.3 Å². The van der Waals surface area contributed by atoms with Crippen molar-refractivity contribution in [3.8, 4) is 0 Å². The molecular weight excluding hydrogens is 332 g/mol. The van der Waals surface area contributed by atoms with Crippen molar-refractivity contribution in [2.24, 2.45) is 0 Å². The quantitative estimate of drug-likeness (QED) is 0.780. The SMILES string of the molecule is O=C(NCc1cccnc1)N1CCC[C@H](c2nc3ccccc3s2)C1. The van der Waals surface area contributed by atoms with Crippen LogP contribution < -0.4 is 5.32 Å². The summed E-state index contributed by atoms with van der Waals surface area (Å²) in [5.41, 5.74) is 2.07. The molecule has 128 valence electrons. The minimum Gasteiger partial charge on any atom is -0.334 e. The van der Waals surface area contributed by atoms with E-state index in [1.54, 1.807) is 23.7 Å². The Balaban J connectivity index is 1.41. The number of para-hydroxylation sites is 1. The zero-order valence-corrected chi connectivity index (χ0v) is 14.7.